The van der Waals surface area contributed by atoms with Crippen LogP contribution in [0.15, 0.2) is 29.2 Å². The third-order valence-electron chi connectivity index (χ3n) is 4.01. The van der Waals surface area contributed by atoms with Crippen LogP contribution in [0.25, 0.3) is 0 Å². The number of nitrogens with one attached hydrogen (secondary N) is 3. The number of methoxy groups -OCH3 is 1. The van der Waals surface area contributed by atoms with Gasteiger partial charge in [-0.2, -0.15) is 0 Å². The van der Waals surface area contributed by atoms with E-state index in [1.165, 1.54) is 31.3 Å². The summed E-state index contributed by atoms with van der Waals surface area (Å²) in [5.41, 5.74) is 0.0592. The molecule has 0 bridgehead atoms. The van der Waals surface area contributed by atoms with Gasteiger partial charge in [0.25, 0.3) is 5.91 Å². The van der Waals surface area contributed by atoms with Gasteiger partial charge in [-0.3, -0.25) is 4.79 Å². The van der Waals surface area contributed by atoms with Crippen LogP contribution in [0, 0.1) is 0 Å². The molecule has 0 radical (unpaired) electrons. The second-order valence-electron chi connectivity index (χ2n) is 5.67. The largest absolute Gasteiger partial charge is 0.383 e. The first-order valence-corrected chi connectivity index (χ1v) is 8.96. The SMILES string of the molecule is CNC(=O)c1ccc(S(=O)(=O)NCC2(COC)CCCN2)cc1. The quantitative estimate of drug-likeness (QED) is 0.653. The molecule has 1 aromatic rings. The fourth-order valence-corrected chi connectivity index (χ4v) is 3.84. The summed E-state index contributed by atoms with van der Waals surface area (Å²) >= 11 is 0. The zero-order chi connectivity index (χ0) is 16.9. The molecule has 0 aromatic heterocycles. The van der Waals surface area contributed by atoms with E-state index in [0.29, 0.717) is 12.2 Å². The number of sulfonamides is 1. The van der Waals surface area contributed by atoms with E-state index in [2.05, 4.69) is 15.4 Å². The lowest BCUT2D eigenvalue weighted by Crippen LogP contribution is -2.52. The van der Waals surface area contributed by atoms with Crippen LogP contribution in [-0.2, 0) is 14.8 Å². The molecule has 0 spiro atoms. The van der Waals surface area contributed by atoms with Crippen molar-refractivity contribution in [3.05, 3.63) is 29.8 Å². The molecule has 23 heavy (non-hydrogen) atoms. The Morgan fingerprint density at radius 2 is 2.04 bits per heavy atom. The van der Waals surface area contributed by atoms with Crippen LogP contribution >= 0.6 is 0 Å². The van der Waals surface area contributed by atoms with Crippen molar-refractivity contribution in [2.24, 2.45) is 0 Å². The second-order valence-corrected chi connectivity index (χ2v) is 7.44. The van der Waals surface area contributed by atoms with Crippen molar-refractivity contribution in [1.29, 1.82) is 0 Å². The van der Waals surface area contributed by atoms with Gasteiger partial charge in [0.15, 0.2) is 0 Å². The zero-order valence-corrected chi connectivity index (χ0v) is 14.2. The number of hydrogen-bond acceptors (Lipinski definition) is 5. The predicted octanol–water partition coefficient (Wildman–Crippen LogP) is 0.0931. The molecule has 7 nitrogen and oxygen atoms in total. The summed E-state index contributed by atoms with van der Waals surface area (Å²) < 4.78 is 32.7. The third kappa shape index (κ3) is 4.29. The Hall–Kier alpha value is -1.48. The van der Waals surface area contributed by atoms with Gasteiger partial charge >= 0.3 is 0 Å². The lowest BCUT2D eigenvalue weighted by molar-refractivity contribution is 0.0963. The predicted molar refractivity (Wildman–Crippen MR) is 86.9 cm³/mol. The molecule has 128 valence electrons. The monoisotopic (exact) mass is 341 g/mol. The number of ether oxygens (including phenoxy) is 1. The van der Waals surface area contributed by atoms with Crippen molar-refractivity contribution in [3.63, 3.8) is 0 Å². The van der Waals surface area contributed by atoms with Gasteiger partial charge in [-0.15, -0.1) is 0 Å². The van der Waals surface area contributed by atoms with Gasteiger partial charge in [-0.1, -0.05) is 0 Å². The number of benzene rings is 1. The summed E-state index contributed by atoms with van der Waals surface area (Å²) in [5, 5.41) is 5.82. The van der Waals surface area contributed by atoms with Gasteiger partial charge in [0, 0.05) is 26.3 Å². The lowest BCUT2D eigenvalue weighted by Gasteiger charge is -2.28. The van der Waals surface area contributed by atoms with E-state index in [9.17, 15) is 13.2 Å². The molecule has 0 saturated carbocycles. The van der Waals surface area contributed by atoms with Gasteiger partial charge in [0.1, 0.15) is 0 Å². The highest BCUT2D eigenvalue weighted by molar-refractivity contribution is 7.89. The number of carbonyl (C=O) groups excluding carboxylic acids is 1. The summed E-state index contributed by atoms with van der Waals surface area (Å²) in [4.78, 5) is 11.6. The number of hydrogen-bond donors (Lipinski definition) is 3. The first-order valence-electron chi connectivity index (χ1n) is 7.48. The van der Waals surface area contributed by atoms with Crippen LogP contribution in [-0.4, -0.2) is 53.7 Å². The maximum absolute atomic E-state index is 12.4. The first-order chi connectivity index (χ1) is 10.9. The molecular weight excluding hydrogens is 318 g/mol. The van der Waals surface area contributed by atoms with E-state index >= 15 is 0 Å². The van der Waals surface area contributed by atoms with Crippen molar-refractivity contribution >= 4 is 15.9 Å². The Balaban J connectivity index is 2.08. The van der Waals surface area contributed by atoms with E-state index in [0.717, 1.165) is 19.4 Å². The van der Waals surface area contributed by atoms with E-state index in [-0.39, 0.29) is 22.9 Å². The average Bonchev–Trinajstić information content (AvgIpc) is 3.02. The molecule has 8 heteroatoms. The Kier molecular flexibility index (Phi) is 5.74. The molecule has 1 aliphatic heterocycles. The zero-order valence-electron chi connectivity index (χ0n) is 13.4. The molecule has 1 atom stereocenters. The third-order valence-corrected chi connectivity index (χ3v) is 5.42. The average molecular weight is 341 g/mol. The van der Waals surface area contributed by atoms with Crippen LogP contribution in [0.2, 0.25) is 0 Å². The molecule has 3 N–H and O–H groups in total. The van der Waals surface area contributed by atoms with E-state index in [1.807, 2.05) is 0 Å². The second kappa shape index (κ2) is 7.39. The summed E-state index contributed by atoms with van der Waals surface area (Å²) in [6.07, 6.45) is 1.85. The highest BCUT2D eigenvalue weighted by Gasteiger charge is 2.34. The van der Waals surface area contributed by atoms with Crippen molar-refractivity contribution < 1.29 is 17.9 Å². The summed E-state index contributed by atoms with van der Waals surface area (Å²) in [6, 6.07) is 5.84. The number of carbonyl (C=O) groups is 1. The maximum Gasteiger partial charge on any atom is 0.251 e. The Bertz CT molecular complexity index is 637. The summed E-state index contributed by atoms with van der Waals surface area (Å²) in [6.45, 7) is 1.57. The maximum atomic E-state index is 12.4. The molecular formula is C15H23N3O4S. The Labute approximate surface area is 136 Å². The van der Waals surface area contributed by atoms with Crippen LogP contribution < -0.4 is 15.4 Å². The van der Waals surface area contributed by atoms with Gasteiger partial charge in [0.05, 0.1) is 17.0 Å². The molecule has 1 amide bonds. The fourth-order valence-electron chi connectivity index (χ4n) is 2.72. The highest BCUT2D eigenvalue weighted by atomic mass is 32.2. The highest BCUT2D eigenvalue weighted by Crippen LogP contribution is 2.20. The van der Waals surface area contributed by atoms with Crippen molar-refractivity contribution in [2.45, 2.75) is 23.3 Å². The van der Waals surface area contributed by atoms with E-state index in [1.54, 1.807) is 7.11 Å². The lowest BCUT2D eigenvalue weighted by atomic mass is 9.99. The first kappa shape index (κ1) is 17.9. The van der Waals surface area contributed by atoms with Gasteiger partial charge in [-0.25, -0.2) is 13.1 Å². The minimum Gasteiger partial charge on any atom is -0.383 e. The Morgan fingerprint density at radius 1 is 1.35 bits per heavy atom. The van der Waals surface area contributed by atoms with Crippen molar-refractivity contribution in [3.8, 4) is 0 Å². The van der Waals surface area contributed by atoms with Gasteiger partial charge < -0.3 is 15.4 Å². The van der Waals surface area contributed by atoms with Crippen LogP contribution in [0.4, 0.5) is 0 Å². The van der Waals surface area contributed by atoms with Crippen LogP contribution in [0.3, 0.4) is 0 Å². The molecule has 1 aliphatic rings. The number of amides is 1. The molecule has 1 unspecified atom stereocenters. The number of rotatable bonds is 7. The molecule has 1 aromatic carbocycles. The van der Waals surface area contributed by atoms with Gasteiger partial charge in [0.2, 0.25) is 10.0 Å². The van der Waals surface area contributed by atoms with E-state index < -0.39 is 10.0 Å². The molecule has 1 fully saturated rings. The minimum atomic E-state index is -3.63. The fraction of sp³-hybridized carbons (Fsp3) is 0.533. The Morgan fingerprint density at radius 3 is 2.57 bits per heavy atom. The smallest absolute Gasteiger partial charge is 0.251 e. The van der Waals surface area contributed by atoms with Gasteiger partial charge in [-0.05, 0) is 43.7 Å². The van der Waals surface area contributed by atoms with E-state index in [4.69, 9.17) is 4.74 Å². The topological polar surface area (TPSA) is 96.5 Å². The normalized spacial score (nSPS) is 21.3. The molecule has 0 aliphatic carbocycles. The van der Waals surface area contributed by atoms with Crippen molar-refractivity contribution in [1.82, 2.24) is 15.4 Å². The summed E-state index contributed by atoms with van der Waals surface area (Å²) in [5.74, 6) is -0.254. The minimum absolute atomic E-state index is 0.135. The molecule has 2 rings (SSSR count). The summed E-state index contributed by atoms with van der Waals surface area (Å²) in [7, 11) is -0.500. The molecule has 1 heterocycles. The molecule has 1 saturated heterocycles. The van der Waals surface area contributed by atoms with Crippen molar-refractivity contribution in [2.75, 3.05) is 33.9 Å². The van der Waals surface area contributed by atoms with Crippen LogP contribution in [0.1, 0.15) is 23.2 Å². The van der Waals surface area contributed by atoms with Crippen LogP contribution in [0.5, 0.6) is 0 Å². The standard InChI is InChI=1S/C15H23N3O4S/c1-16-14(19)12-4-6-13(7-5-12)23(20,21)18-10-15(11-22-2)8-3-9-17-15/h4-7,17-18H,3,8-11H2,1-2H3,(H,16,19).